The Hall–Kier alpha value is -3.65. The van der Waals surface area contributed by atoms with E-state index < -0.39 is 10.8 Å². The van der Waals surface area contributed by atoms with Crippen LogP contribution in [0.25, 0.3) is 0 Å². The third kappa shape index (κ3) is 4.28. The van der Waals surface area contributed by atoms with E-state index in [1.807, 2.05) is 21.6 Å². The standard InChI is InChI=1S/C25H23ClN4O4/c26-20-4-1-3-16(10-20)12-27-25(32)18-7-8-22(23(11-18)30(33)34)28-13-17-9-19(15-28)21-5-2-6-24(31)29(21)14-17/h1-8,10-11,17,19H,9,12-15H2,(H,27,32). The number of anilines is 1. The highest BCUT2D eigenvalue weighted by atomic mass is 35.5. The first-order valence-corrected chi connectivity index (χ1v) is 11.5. The highest BCUT2D eigenvalue weighted by molar-refractivity contribution is 6.30. The molecule has 174 valence electrons. The number of aromatic nitrogens is 1. The Morgan fingerprint density at radius 1 is 1.09 bits per heavy atom. The fourth-order valence-corrected chi connectivity index (χ4v) is 5.32. The maximum atomic E-state index is 12.7. The number of fused-ring (bicyclic) bond motifs is 4. The van der Waals surface area contributed by atoms with E-state index in [2.05, 4.69) is 5.32 Å². The third-order valence-electron chi connectivity index (χ3n) is 6.60. The predicted octanol–water partition coefficient (Wildman–Crippen LogP) is 3.96. The van der Waals surface area contributed by atoms with Crippen molar-refractivity contribution in [1.29, 1.82) is 0 Å². The Morgan fingerprint density at radius 2 is 1.91 bits per heavy atom. The van der Waals surface area contributed by atoms with Crippen molar-refractivity contribution in [2.24, 2.45) is 5.92 Å². The molecule has 2 bridgehead atoms. The van der Waals surface area contributed by atoms with Gasteiger partial charge in [-0.1, -0.05) is 29.8 Å². The summed E-state index contributed by atoms with van der Waals surface area (Å²) in [5, 5.41) is 15.3. The number of halogens is 1. The molecule has 1 amide bonds. The van der Waals surface area contributed by atoms with Gasteiger partial charge in [-0.2, -0.15) is 0 Å². The van der Waals surface area contributed by atoms with Crippen molar-refractivity contribution in [2.45, 2.75) is 25.4 Å². The van der Waals surface area contributed by atoms with Crippen LogP contribution in [0.3, 0.4) is 0 Å². The van der Waals surface area contributed by atoms with E-state index in [0.29, 0.717) is 30.3 Å². The highest BCUT2D eigenvalue weighted by Crippen LogP contribution is 2.39. The number of benzene rings is 2. The normalized spacial score (nSPS) is 18.8. The van der Waals surface area contributed by atoms with E-state index in [0.717, 1.165) is 17.7 Å². The topological polar surface area (TPSA) is 97.5 Å². The zero-order valence-electron chi connectivity index (χ0n) is 18.3. The van der Waals surface area contributed by atoms with Gasteiger partial charge >= 0.3 is 0 Å². The number of hydrogen-bond acceptors (Lipinski definition) is 5. The number of nitro benzene ring substituents is 1. The van der Waals surface area contributed by atoms with Gasteiger partial charge in [0.05, 0.1) is 4.92 Å². The molecule has 2 aliphatic rings. The molecule has 5 rings (SSSR count). The zero-order chi connectivity index (χ0) is 23.8. The zero-order valence-corrected chi connectivity index (χ0v) is 19.1. The van der Waals surface area contributed by atoms with Gasteiger partial charge < -0.3 is 14.8 Å². The number of nitrogens with one attached hydrogen (secondary N) is 1. The second-order valence-electron chi connectivity index (χ2n) is 8.88. The minimum atomic E-state index is -0.439. The fourth-order valence-electron chi connectivity index (χ4n) is 5.10. The quantitative estimate of drug-likeness (QED) is 0.442. The van der Waals surface area contributed by atoms with Crippen LogP contribution in [0.1, 0.15) is 34.0 Å². The molecule has 3 aromatic rings. The molecule has 0 aliphatic carbocycles. The number of amides is 1. The van der Waals surface area contributed by atoms with Crippen molar-refractivity contribution in [3.05, 3.63) is 103 Å². The molecule has 0 radical (unpaired) electrons. The molecule has 0 saturated carbocycles. The maximum Gasteiger partial charge on any atom is 0.293 e. The lowest BCUT2D eigenvalue weighted by Gasteiger charge is -2.43. The number of piperidine rings is 1. The summed E-state index contributed by atoms with van der Waals surface area (Å²) in [6, 6.07) is 17.1. The van der Waals surface area contributed by atoms with Crippen LogP contribution in [0.2, 0.25) is 5.02 Å². The molecule has 2 aliphatic heterocycles. The van der Waals surface area contributed by atoms with Gasteiger partial charge in [-0.3, -0.25) is 19.7 Å². The molecule has 1 fully saturated rings. The number of carbonyl (C=O) groups excluding carboxylic acids is 1. The van der Waals surface area contributed by atoms with Gasteiger partial charge in [0.25, 0.3) is 17.2 Å². The molecule has 3 heterocycles. The van der Waals surface area contributed by atoms with Gasteiger partial charge in [0.15, 0.2) is 0 Å². The summed E-state index contributed by atoms with van der Waals surface area (Å²) >= 11 is 5.99. The van der Waals surface area contributed by atoms with Gasteiger partial charge in [0.2, 0.25) is 0 Å². The molecule has 9 heteroatoms. The summed E-state index contributed by atoms with van der Waals surface area (Å²) in [6.07, 6.45) is 0.956. The van der Waals surface area contributed by atoms with Crippen molar-refractivity contribution in [2.75, 3.05) is 18.0 Å². The molecule has 1 aromatic heterocycles. The first kappa shape index (κ1) is 22.2. The Labute approximate surface area is 200 Å². The molecule has 0 spiro atoms. The molecule has 1 N–H and O–H groups in total. The van der Waals surface area contributed by atoms with Crippen LogP contribution in [-0.2, 0) is 13.1 Å². The summed E-state index contributed by atoms with van der Waals surface area (Å²) in [5.74, 6) is -0.0354. The smallest absolute Gasteiger partial charge is 0.293 e. The minimum Gasteiger partial charge on any atom is -0.365 e. The number of nitrogens with zero attached hydrogens (tertiary/aromatic N) is 3. The van der Waals surface area contributed by atoms with Crippen LogP contribution in [0.4, 0.5) is 11.4 Å². The summed E-state index contributed by atoms with van der Waals surface area (Å²) in [4.78, 5) is 38.5. The van der Waals surface area contributed by atoms with Crippen molar-refractivity contribution < 1.29 is 9.72 Å². The second-order valence-corrected chi connectivity index (χ2v) is 9.31. The lowest BCUT2D eigenvalue weighted by Crippen LogP contribution is -2.47. The minimum absolute atomic E-state index is 0.000213. The van der Waals surface area contributed by atoms with Crippen LogP contribution >= 0.6 is 11.6 Å². The molecule has 2 aromatic carbocycles. The lowest BCUT2D eigenvalue weighted by molar-refractivity contribution is -0.384. The van der Waals surface area contributed by atoms with E-state index in [-0.39, 0.29) is 35.2 Å². The summed E-state index contributed by atoms with van der Waals surface area (Å²) < 4.78 is 1.83. The molecule has 34 heavy (non-hydrogen) atoms. The van der Waals surface area contributed by atoms with Gasteiger partial charge in [0, 0.05) is 60.5 Å². The first-order chi connectivity index (χ1) is 16.4. The van der Waals surface area contributed by atoms with E-state index in [1.165, 1.54) is 6.07 Å². The van der Waals surface area contributed by atoms with Crippen LogP contribution in [0.5, 0.6) is 0 Å². The van der Waals surface area contributed by atoms with Crippen LogP contribution in [-0.4, -0.2) is 28.5 Å². The molecule has 2 unspecified atom stereocenters. The Morgan fingerprint density at radius 3 is 2.71 bits per heavy atom. The number of pyridine rings is 1. The highest BCUT2D eigenvalue weighted by Gasteiger charge is 2.36. The number of hydrogen-bond donors (Lipinski definition) is 1. The summed E-state index contributed by atoms with van der Waals surface area (Å²) in [6.45, 7) is 2.09. The molecular formula is C25H23ClN4O4. The molecule has 2 atom stereocenters. The lowest BCUT2D eigenvalue weighted by atomic mass is 9.83. The van der Waals surface area contributed by atoms with E-state index >= 15 is 0 Å². The Balaban J connectivity index is 1.37. The van der Waals surface area contributed by atoms with E-state index in [9.17, 15) is 19.7 Å². The molecule has 1 saturated heterocycles. The second kappa shape index (κ2) is 8.95. The van der Waals surface area contributed by atoms with Crippen molar-refractivity contribution in [3.8, 4) is 0 Å². The summed E-state index contributed by atoms with van der Waals surface area (Å²) in [7, 11) is 0. The largest absolute Gasteiger partial charge is 0.365 e. The SMILES string of the molecule is O=C(NCc1cccc(Cl)c1)c1ccc(N2CC3CC(C2)c2cccc(=O)n2C3)c([N+](=O)[O-])c1. The van der Waals surface area contributed by atoms with Gasteiger partial charge in [-0.25, -0.2) is 0 Å². The first-order valence-electron chi connectivity index (χ1n) is 11.1. The maximum absolute atomic E-state index is 12.7. The van der Waals surface area contributed by atoms with Gasteiger partial charge in [0.1, 0.15) is 5.69 Å². The van der Waals surface area contributed by atoms with Crippen molar-refractivity contribution >= 4 is 28.9 Å². The van der Waals surface area contributed by atoms with Gasteiger partial charge in [-0.15, -0.1) is 0 Å². The van der Waals surface area contributed by atoms with Crippen LogP contribution in [0.15, 0.2) is 65.5 Å². The third-order valence-corrected chi connectivity index (χ3v) is 6.83. The van der Waals surface area contributed by atoms with Crippen molar-refractivity contribution in [3.63, 3.8) is 0 Å². The van der Waals surface area contributed by atoms with Crippen LogP contribution < -0.4 is 15.8 Å². The van der Waals surface area contributed by atoms with Crippen molar-refractivity contribution in [1.82, 2.24) is 9.88 Å². The van der Waals surface area contributed by atoms with E-state index in [1.54, 1.807) is 42.5 Å². The van der Waals surface area contributed by atoms with Crippen LogP contribution in [0, 0.1) is 16.0 Å². The average Bonchev–Trinajstić information content (AvgIpc) is 2.83. The summed E-state index contributed by atoms with van der Waals surface area (Å²) in [5.41, 5.74) is 2.45. The average molecular weight is 479 g/mol. The van der Waals surface area contributed by atoms with E-state index in [4.69, 9.17) is 11.6 Å². The predicted molar refractivity (Wildman–Crippen MR) is 129 cm³/mol. The number of rotatable bonds is 5. The molecule has 8 nitrogen and oxygen atoms in total. The number of nitro groups is 1. The Bertz CT molecular complexity index is 1340. The monoisotopic (exact) mass is 478 g/mol. The van der Waals surface area contributed by atoms with Gasteiger partial charge in [-0.05, 0) is 48.2 Å². The molecular weight excluding hydrogens is 456 g/mol. The Kier molecular flexibility index (Phi) is 5.83. The fraction of sp³-hybridized carbons (Fsp3) is 0.280. The number of carbonyl (C=O) groups is 1.